The average molecular weight is 403 g/mol. The van der Waals surface area contributed by atoms with Crippen LogP contribution in [-0.2, 0) is 19.3 Å². The smallest absolute Gasteiger partial charge is 0.119 e. The number of benzene rings is 1. The fourth-order valence-corrected chi connectivity index (χ4v) is 4.44. The molecule has 168 valence electrons. The fourth-order valence-electron chi connectivity index (χ4n) is 4.44. The maximum Gasteiger partial charge on any atom is 0.119 e. The number of unbranched alkanes of at least 4 members (excludes halogenated alkanes) is 13. The lowest BCUT2D eigenvalue weighted by molar-refractivity contribution is 0.463. The first-order valence-corrected chi connectivity index (χ1v) is 13.1. The molecule has 1 heteroatoms. The van der Waals surface area contributed by atoms with E-state index in [2.05, 4.69) is 26.8 Å². The summed E-state index contributed by atoms with van der Waals surface area (Å²) >= 11 is 0. The summed E-state index contributed by atoms with van der Waals surface area (Å²) in [6.07, 6.45) is 24.7. The van der Waals surface area contributed by atoms with Gasteiger partial charge in [-0.3, -0.25) is 0 Å². The average Bonchev–Trinajstić information content (AvgIpc) is 2.73. The molecule has 0 saturated heterocycles. The molecule has 1 aromatic carbocycles. The lowest BCUT2D eigenvalue weighted by Crippen LogP contribution is -2.02. The van der Waals surface area contributed by atoms with Gasteiger partial charge in [0.25, 0.3) is 0 Å². The predicted molar refractivity (Wildman–Crippen MR) is 130 cm³/mol. The second kappa shape index (κ2) is 17.8. The summed E-state index contributed by atoms with van der Waals surface area (Å²) < 4.78 is 0. The van der Waals surface area contributed by atoms with Gasteiger partial charge in [-0.05, 0) is 61.3 Å². The SMILES string of the molecule is CCCCCCCCCCc1c(O)ccc(CCCC)c1CCCCCCCC. The van der Waals surface area contributed by atoms with Crippen molar-refractivity contribution in [1.29, 1.82) is 0 Å². The molecule has 0 amide bonds. The molecule has 0 aliphatic rings. The van der Waals surface area contributed by atoms with E-state index in [1.165, 1.54) is 126 Å². The standard InChI is InChI=1S/C28H50O/c1-4-7-10-12-14-15-17-19-22-27-26(21-18-16-13-11-8-5-2)25(20-9-6-3)23-24-28(27)29/h23-24,29H,4-22H2,1-3H3. The van der Waals surface area contributed by atoms with Crippen LogP contribution in [0.5, 0.6) is 5.75 Å². The van der Waals surface area contributed by atoms with Gasteiger partial charge in [0.1, 0.15) is 5.75 Å². The summed E-state index contributed by atoms with van der Waals surface area (Å²) in [4.78, 5) is 0. The van der Waals surface area contributed by atoms with Crippen molar-refractivity contribution < 1.29 is 5.11 Å². The second-order valence-electron chi connectivity index (χ2n) is 9.05. The van der Waals surface area contributed by atoms with Crippen LogP contribution in [-0.4, -0.2) is 5.11 Å². The number of hydrogen-bond donors (Lipinski definition) is 1. The van der Waals surface area contributed by atoms with E-state index in [-0.39, 0.29) is 0 Å². The Kier molecular flexibility index (Phi) is 16.0. The van der Waals surface area contributed by atoms with Gasteiger partial charge in [0.05, 0.1) is 0 Å². The third kappa shape index (κ3) is 11.7. The van der Waals surface area contributed by atoms with Gasteiger partial charge in [-0.1, -0.05) is 110 Å². The molecule has 0 bridgehead atoms. The van der Waals surface area contributed by atoms with Gasteiger partial charge in [-0.2, -0.15) is 0 Å². The maximum absolute atomic E-state index is 10.6. The topological polar surface area (TPSA) is 20.2 Å². The Morgan fingerprint density at radius 2 is 0.931 bits per heavy atom. The molecule has 0 atom stereocenters. The number of phenolic OH excluding ortho intramolecular Hbond substituents is 1. The van der Waals surface area contributed by atoms with Gasteiger partial charge >= 0.3 is 0 Å². The number of aromatic hydroxyl groups is 1. The molecule has 0 spiro atoms. The molecule has 0 unspecified atom stereocenters. The van der Waals surface area contributed by atoms with Crippen molar-refractivity contribution in [3.63, 3.8) is 0 Å². The van der Waals surface area contributed by atoms with Gasteiger partial charge in [0, 0.05) is 0 Å². The highest BCUT2D eigenvalue weighted by atomic mass is 16.3. The zero-order chi connectivity index (χ0) is 21.2. The molecule has 1 N–H and O–H groups in total. The Morgan fingerprint density at radius 3 is 1.45 bits per heavy atom. The van der Waals surface area contributed by atoms with Gasteiger partial charge in [0.2, 0.25) is 0 Å². The molecule has 0 radical (unpaired) electrons. The van der Waals surface area contributed by atoms with Crippen LogP contribution in [0.25, 0.3) is 0 Å². The van der Waals surface area contributed by atoms with Gasteiger partial charge in [-0.25, -0.2) is 0 Å². The molecule has 0 fully saturated rings. The van der Waals surface area contributed by atoms with Gasteiger partial charge in [-0.15, -0.1) is 0 Å². The van der Waals surface area contributed by atoms with Crippen molar-refractivity contribution in [2.24, 2.45) is 0 Å². The molecular formula is C28H50O. The van der Waals surface area contributed by atoms with Crippen LogP contribution in [0.2, 0.25) is 0 Å². The van der Waals surface area contributed by atoms with E-state index in [1.54, 1.807) is 0 Å². The third-order valence-electron chi connectivity index (χ3n) is 6.36. The van der Waals surface area contributed by atoms with E-state index >= 15 is 0 Å². The monoisotopic (exact) mass is 402 g/mol. The highest BCUT2D eigenvalue weighted by Gasteiger charge is 2.13. The fraction of sp³-hybridized carbons (Fsp3) is 0.786. The zero-order valence-electron chi connectivity index (χ0n) is 20.0. The molecule has 1 rings (SSSR count). The van der Waals surface area contributed by atoms with Crippen molar-refractivity contribution >= 4 is 0 Å². The van der Waals surface area contributed by atoms with E-state index in [0.29, 0.717) is 5.75 Å². The summed E-state index contributed by atoms with van der Waals surface area (Å²) in [6.45, 7) is 6.84. The summed E-state index contributed by atoms with van der Waals surface area (Å²) in [6, 6.07) is 4.17. The predicted octanol–water partition coefficient (Wildman–Crippen LogP) is 9.32. The largest absolute Gasteiger partial charge is 0.508 e. The molecule has 0 aliphatic heterocycles. The Morgan fingerprint density at radius 1 is 0.483 bits per heavy atom. The van der Waals surface area contributed by atoms with Crippen molar-refractivity contribution in [3.8, 4) is 5.75 Å². The van der Waals surface area contributed by atoms with Crippen LogP contribution >= 0.6 is 0 Å². The number of phenols is 1. The zero-order valence-corrected chi connectivity index (χ0v) is 20.0. The quantitative estimate of drug-likeness (QED) is 0.228. The van der Waals surface area contributed by atoms with Crippen LogP contribution < -0.4 is 0 Å². The molecule has 0 aliphatic carbocycles. The van der Waals surface area contributed by atoms with Crippen molar-refractivity contribution in [1.82, 2.24) is 0 Å². The first kappa shape index (κ1) is 26.1. The van der Waals surface area contributed by atoms with Crippen LogP contribution in [0.3, 0.4) is 0 Å². The lowest BCUT2D eigenvalue weighted by atomic mass is 9.89. The summed E-state index contributed by atoms with van der Waals surface area (Å²) in [5.74, 6) is 0.550. The van der Waals surface area contributed by atoms with Crippen molar-refractivity contribution in [2.75, 3.05) is 0 Å². The van der Waals surface area contributed by atoms with Crippen molar-refractivity contribution in [2.45, 2.75) is 143 Å². The highest BCUT2D eigenvalue weighted by molar-refractivity contribution is 5.45. The Labute approximate surface area is 182 Å². The Hall–Kier alpha value is -0.980. The van der Waals surface area contributed by atoms with E-state index in [9.17, 15) is 5.11 Å². The third-order valence-corrected chi connectivity index (χ3v) is 6.36. The molecule has 0 heterocycles. The first-order chi connectivity index (χ1) is 14.2. The molecular weight excluding hydrogens is 352 g/mol. The summed E-state index contributed by atoms with van der Waals surface area (Å²) in [5.41, 5.74) is 4.28. The summed E-state index contributed by atoms with van der Waals surface area (Å²) in [7, 11) is 0. The maximum atomic E-state index is 10.6. The number of rotatable bonds is 19. The highest BCUT2D eigenvalue weighted by Crippen LogP contribution is 2.29. The normalized spacial score (nSPS) is 11.3. The minimum absolute atomic E-state index is 0.550. The minimum atomic E-state index is 0.550. The van der Waals surface area contributed by atoms with Crippen LogP contribution in [0.1, 0.15) is 140 Å². The number of aryl methyl sites for hydroxylation is 1. The van der Waals surface area contributed by atoms with Crippen LogP contribution in [0, 0.1) is 0 Å². The Bertz CT molecular complexity index is 505. The van der Waals surface area contributed by atoms with Crippen LogP contribution in [0.15, 0.2) is 12.1 Å². The number of hydrogen-bond acceptors (Lipinski definition) is 1. The molecule has 1 aromatic rings. The first-order valence-electron chi connectivity index (χ1n) is 13.1. The van der Waals surface area contributed by atoms with E-state index in [1.807, 2.05) is 6.07 Å². The lowest BCUT2D eigenvalue weighted by Gasteiger charge is -2.17. The van der Waals surface area contributed by atoms with Crippen LogP contribution in [0.4, 0.5) is 0 Å². The molecule has 1 nitrogen and oxygen atoms in total. The van der Waals surface area contributed by atoms with E-state index in [4.69, 9.17) is 0 Å². The minimum Gasteiger partial charge on any atom is -0.508 e. The molecule has 0 saturated carbocycles. The van der Waals surface area contributed by atoms with E-state index < -0.39 is 0 Å². The Balaban J connectivity index is 2.57. The molecule has 29 heavy (non-hydrogen) atoms. The van der Waals surface area contributed by atoms with Gasteiger partial charge < -0.3 is 5.11 Å². The van der Waals surface area contributed by atoms with Gasteiger partial charge in [0.15, 0.2) is 0 Å². The van der Waals surface area contributed by atoms with Crippen molar-refractivity contribution in [3.05, 3.63) is 28.8 Å². The second-order valence-corrected chi connectivity index (χ2v) is 9.05. The molecule has 0 aromatic heterocycles. The van der Waals surface area contributed by atoms with E-state index in [0.717, 1.165) is 12.8 Å². The summed E-state index contributed by atoms with van der Waals surface area (Å²) in [5, 5.41) is 10.6.